The number of rotatable bonds is 4. The van der Waals surface area contributed by atoms with E-state index in [4.69, 9.17) is 0 Å². The highest BCUT2D eigenvalue weighted by atomic mass is 32.1. The number of hydrogen-bond donors (Lipinski definition) is 0. The van der Waals surface area contributed by atoms with Crippen molar-refractivity contribution in [2.24, 2.45) is 5.41 Å². The highest BCUT2D eigenvalue weighted by Crippen LogP contribution is 2.54. The Kier molecular flexibility index (Phi) is 5.09. The minimum Gasteiger partial charge on any atom is -0.339 e. The molecule has 3 fully saturated rings. The van der Waals surface area contributed by atoms with Crippen molar-refractivity contribution < 1.29 is 4.79 Å². The number of hydrogen-bond acceptors (Lipinski definition) is 3. The lowest BCUT2D eigenvalue weighted by molar-refractivity contribution is -0.125. The van der Waals surface area contributed by atoms with Crippen LogP contribution in [0.3, 0.4) is 0 Å². The van der Waals surface area contributed by atoms with E-state index in [1.807, 2.05) is 47.7 Å². The van der Waals surface area contributed by atoms with Crippen LogP contribution in [0, 0.1) is 5.41 Å². The summed E-state index contributed by atoms with van der Waals surface area (Å²) >= 11 is 1.93. The van der Waals surface area contributed by atoms with Gasteiger partial charge < -0.3 is 4.90 Å². The highest BCUT2D eigenvalue weighted by Gasteiger charge is 2.50. The van der Waals surface area contributed by atoms with Crippen LogP contribution in [0.1, 0.15) is 49.0 Å². The van der Waals surface area contributed by atoms with E-state index < -0.39 is 0 Å². The average Bonchev–Trinajstić information content (AvgIpc) is 3.39. The van der Waals surface area contributed by atoms with Crippen LogP contribution >= 0.6 is 11.3 Å². The zero-order valence-electron chi connectivity index (χ0n) is 17.1. The van der Waals surface area contributed by atoms with Crippen molar-refractivity contribution in [2.75, 3.05) is 26.2 Å². The summed E-state index contributed by atoms with van der Waals surface area (Å²) in [6, 6.07) is 14.7. The van der Waals surface area contributed by atoms with Crippen molar-refractivity contribution in [3.63, 3.8) is 0 Å². The van der Waals surface area contributed by atoms with Crippen LogP contribution < -0.4 is 0 Å². The second-order valence-corrected chi connectivity index (χ2v) is 10.1. The zero-order valence-corrected chi connectivity index (χ0v) is 17.9. The maximum Gasteiger partial charge on any atom is 0.246 e. The fraction of sp³-hybridized carbons (Fsp3) is 0.480. The molecule has 3 heterocycles. The van der Waals surface area contributed by atoms with Crippen LogP contribution in [-0.2, 0) is 10.3 Å². The molecule has 1 amide bonds. The quantitative estimate of drug-likeness (QED) is 0.655. The molecule has 152 valence electrons. The number of amides is 1. The van der Waals surface area contributed by atoms with Crippen LogP contribution in [0.2, 0.25) is 0 Å². The van der Waals surface area contributed by atoms with Gasteiger partial charge >= 0.3 is 0 Å². The highest BCUT2D eigenvalue weighted by molar-refractivity contribution is 7.10. The van der Waals surface area contributed by atoms with Crippen molar-refractivity contribution >= 4 is 23.3 Å². The SMILES string of the molecule is O=C(/C=C\c1ccccc1)N1CCC2(CCC(c3cccs3)(N3CCC3)CC2)C1. The number of carbonyl (C=O) groups is 1. The maximum atomic E-state index is 12.8. The molecular weight excluding hydrogens is 376 g/mol. The third kappa shape index (κ3) is 3.57. The topological polar surface area (TPSA) is 23.6 Å². The number of nitrogens with zero attached hydrogens (tertiary/aromatic N) is 2. The van der Waals surface area contributed by atoms with Crippen molar-refractivity contribution in [2.45, 2.75) is 44.1 Å². The van der Waals surface area contributed by atoms with Gasteiger partial charge in [-0.2, -0.15) is 0 Å². The Labute approximate surface area is 178 Å². The Balaban J connectivity index is 1.24. The lowest BCUT2D eigenvalue weighted by atomic mass is 9.65. The van der Waals surface area contributed by atoms with Gasteiger partial charge in [0, 0.05) is 37.1 Å². The summed E-state index contributed by atoms with van der Waals surface area (Å²) < 4.78 is 0. The minimum atomic E-state index is 0.170. The van der Waals surface area contributed by atoms with E-state index in [-0.39, 0.29) is 11.4 Å². The first-order valence-electron chi connectivity index (χ1n) is 11.0. The largest absolute Gasteiger partial charge is 0.339 e. The van der Waals surface area contributed by atoms with Crippen LogP contribution in [-0.4, -0.2) is 41.9 Å². The summed E-state index contributed by atoms with van der Waals surface area (Å²) in [4.78, 5) is 19.1. The van der Waals surface area contributed by atoms with Crippen LogP contribution in [0.5, 0.6) is 0 Å². The molecule has 1 spiro atoms. The van der Waals surface area contributed by atoms with E-state index in [9.17, 15) is 4.79 Å². The van der Waals surface area contributed by atoms with Crippen LogP contribution in [0.15, 0.2) is 53.9 Å². The summed E-state index contributed by atoms with van der Waals surface area (Å²) in [6.45, 7) is 4.35. The third-order valence-corrected chi connectivity index (χ3v) is 8.61. The van der Waals surface area contributed by atoms with Gasteiger partial charge in [0.15, 0.2) is 0 Å². The fourth-order valence-corrected chi connectivity index (χ4v) is 6.58. The van der Waals surface area contributed by atoms with Gasteiger partial charge in [-0.1, -0.05) is 36.4 Å². The first-order valence-corrected chi connectivity index (χ1v) is 11.9. The smallest absolute Gasteiger partial charge is 0.246 e. The first kappa shape index (κ1) is 19.1. The molecule has 3 aliphatic rings. The number of carbonyl (C=O) groups excluding carboxylic acids is 1. The second kappa shape index (κ2) is 7.73. The average molecular weight is 407 g/mol. The van der Waals surface area contributed by atoms with E-state index in [0.29, 0.717) is 5.41 Å². The Morgan fingerprint density at radius 3 is 2.38 bits per heavy atom. The van der Waals surface area contributed by atoms with Crippen LogP contribution in [0.4, 0.5) is 0 Å². The molecule has 4 heteroatoms. The number of thiophene rings is 1. The summed E-state index contributed by atoms with van der Waals surface area (Å²) in [5, 5.41) is 2.23. The molecule has 0 unspecified atom stereocenters. The van der Waals surface area contributed by atoms with Gasteiger partial charge in [-0.05, 0) is 67.0 Å². The molecule has 2 saturated heterocycles. The van der Waals surface area contributed by atoms with E-state index in [1.165, 1.54) is 51.6 Å². The molecule has 0 N–H and O–H groups in total. The lowest BCUT2D eigenvalue weighted by Crippen LogP contribution is -2.55. The van der Waals surface area contributed by atoms with Gasteiger partial charge in [0.25, 0.3) is 0 Å². The molecule has 0 bridgehead atoms. The molecule has 5 rings (SSSR count). The van der Waals surface area contributed by atoms with Gasteiger partial charge in [0.1, 0.15) is 0 Å². The molecule has 3 nitrogen and oxygen atoms in total. The van der Waals surface area contributed by atoms with Crippen molar-refractivity contribution in [1.29, 1.82) is 0 Å². The van der Waals surface area contributed by atoms with Crippen molar-refractivity contribution in [3.05, 3.63) is 64.4 Å². The Morgan fingerprint density at radius 1 is 0.931 bits per heavy atom. The van der Waals surface area contributed by atoms with Gasteiger partial charge in [-0.3, -0.25) is 9.69 Å². The van der Waals surface area contributed by atoms with Gasteiger partial charge in [0.2, 0.25) is 5.91 Å². The maximum absolute atomic E-state index is 12.8. The van der Waals surface area contributed by atoms with E-state index in [2.05, 4.69) is 27.3 Å². The second-order valence-electron chi connectivity index (χ2n) is 9.10. The molecule has 2 aliphatic heterocycles. The Hall–Kier alpha value is -1.91. The molecule has 29 heavy (non-hydrogen) atoms. The third-order valence-electron chi connectivity index (χ3n) is 7.55. The normalized spacial score (nSPS) is 30.1. The first-order chi connectivity index (χ1) is 14.2. The Bertz CT molecular complexity index is 861. The standard InChI is InChI=1S/C25H30N2OS/c28-23(10-9-21-6-2-1-3-7-21)26-18-15-24(20-26)11-13-25(14-12-24,27-16-5-17-27)22-8-4-19-29-22/h1-4,6-10,19H,5,11-18,20H2/b10-9-. The summed E-state index contributed by atoms with van der Waals surface area (Å²) in [7, 11) is 0. The number of benzene rings is 1. The minimum absolute atomic E-state index is 0.170. The fourth-order valence-electron chi connectivity index (χ4n) is 5.57. The lowest BCUT2D eigenvalue weighted by Gasteiger charge is -2.54. The molecule has 1 saturated carbocycles. The predicted molar refractivity (Wildman–Crippen MR) is 120 cm³/mol. The van der Waals surface area contributed by atoms with Gasteiger partial charge in [-0.25, -0.2) is 0 Å². The zero-order chi connectivity index (χ0) is 19.7. The summed E-state index contributed by atoms with van der Waals surface area (Å²) in [6.07, 6.45) is 11.2. The molecule has 1 aliphatic carbocycles. The van der Waals surface area contributed by atoms with E-state index >= 15 is 0 Å². The summed E-state index contributed by atoms with van der Waals surface area (Å²) in [5.74, 6) is 0.170. The van der Waals surface area contributed by atoms with E-state index in [0.717, 1.165) is 18.7 Å². The molecule has 1 aromatic heterocycles. The molecule has 0 radical (unpaired) electrons. The monoisotopic (exact) mass is 406 g/mol. The van der Waals surface area contributed by atoms with Crippen molar-refractivity contribution in [1.82, 2.24) is 9.80 Å². The molecule has 0 atom stereocenters. The van der Waals surface area contributed by atoms with Crippen molar-refractivity contribution in [3.8, 4) is 0 Å². The van der Waals surface area contributed by atoms with E-state index in [1.54, 1.807) is 11.0 Å². The summed E-state index contributed by atoms with van der Waals surface area (Å²) in [5.41, 5.74) is 1.69. The van der Waals surface area contributed by atoms with Gasteiger partial charge in [0.05, 0.1) is 5.54 Å². The molecular formula is C25H30N2OS. The predicted octanol–water partition coefficient (Wildman–Crippen LogP) is 5.16. The molecule has 1 aromatic carbocycles. The number of likely N-dealkylation sites (tertiary alicyclic amines) is 2. The van der Waals surface area contributed by atoms with Gasteiger partial charge in [-0.15, -0.1) is 11.3 Å². The van der Waals surface area contributed by atoms with Crippen LogP contribution in [0.25, 0.3) is 6.08 Å². The molecule has 2 aromatic rings. The Morgan fingerprint density at radius 2 is 1.72 bits per heavy atom.